The number of halogens is 9. The number of hydrogen-bond donors (Lipinski definition) is 3. The van der Waals surface area contributed by atoms with E-state index < -0.39 is 36.3 Å². The van der Waals surface area contributed by atoms with E-state index in [1.807, 2.05) is 32.2 Å². The summed E-state index contributed by atoms with van der Waals surface area (Å²) in [7, 11) is 0. The van der Waals surface area contributed by atoms with Crippen molar-refractivity contribution in [3.05, 3.63) is 72.1 Å². The van der Waals surface area contributed by atoms with Crippen molar-refractivity contribution in [2.45, 2.75) is 180 Å². The van der Waals surface area contributed by atoms with E-state index in [0.717, 1.165) is 90.9 Å². The molecule has 6 N–H and O–H groups in total. The van der Waals surface area contributed by atoms with Crippen LogP contribution in [0.5, 0.6) is 17.2 Å². The molecule has 101 heavy (non-hydrogen) atoms. The topological polar surface area (TPSA) is 223 Å². The summed E-state index contributed by atoms with van der Waals surface area (Å²) in [6.45, 7) is 33.2. The van der Waals surface area contributed by atoms with Crippen molar-refractivity contribution >= 4 is 17.5 Å². The average Bonchev–Trinajstić information content (AvgIpc) is 1.57. The van der Waals surface area contributed by atoms with Crippen LogP contribution < -0.4 is 31.4 Å². The van der Waals surface area contributed by atoms with Crippen LogP contribution in [0.25, 0.3) is 33.8 Å². The zero-order valence-corrected chi connectivity index (χ0v) is 58.9. The quantitative estimate of drug-likeness (QED) is 0.0722. The van der Waals surface area contributed by atoms with Gasteiger partial charge in [0.05, 0.1) is 30.3 Å². The van der Waals surface area contributed by atoms with Crippen LogP contribution in [0.1, 0.15) is 154 Å². The van der Waals surface area contributed by atoms with Gasteiger partial charge >= 0.3 is 19.1 Å². The van der Waals surface area contributed by atoms with Gasteiger partial charge in [0.15, 0.2) is 34.7 Å². The van der Waals surface area contributed by atoms with Crippen molar-refractivity contribution in [1.29, 1.82) is 0 Å². The van der Waals surface area contributed by atoms with Crippen molar-refractivity contribution in [2.24, 2.45) is 35.5 Å². The number of fused-ring (bicyclic) bond motifs is 3. The Labute approximate surface area is 583 Å². The summed E-state index contributed by atoms with van der Waals surface area (Å²) in [6.07, 6.45) is -2.94. The van der Waals surface area contributed by atoms with Crippen LogP contribution in [0.15, 0.2) is 55.0 Å². The van der Waals surface area contributed by atoms with E-state index in [-0.39, 0.29) is 35.6 Å². The maximum absolute atomic E-state index is 12.7. The molecule has 0 aromatic carbocycles. The first-order valence-electron chi connectivity index (χ1n) is 36.0. The molecule has 0 radical (unpaired) electrons. The van der Waals surface area contributed by atoms with E-state index in [1.54, 1.807) is 0 Å². The van der Waals surface area contributed by atoms with Gasteiger partial charge in [-0.3, -0.25) is 28.7 Å². The van der Waals surface area contributed by atoms with Crippen molar-refractivity contribution in [3.63, 3.8) is 0 Å². The molecule has 13 atom stereocenters. The van der Waals surface area contributed by atoms with Crippen molar-refractivity contribution in [1.82, 2.24) is 68.8 Å². The van der Waals surface area contributed by atoms with Gasteiger partial charge < -0.3 is 45.9 Å². The van der Waals surface area contributed by atoms with Crippen LogP contribution in [0.3, 0.4) is 0 Å². The minimum atomic E-state index is -4.84. The summed E-state index contributed by atoms with van der Waals surface area (Å²) in [6, 6.07) is 12.7. The molecule has 9 fully saturated rings. The SMILES string of the molecule is CC(C)n1nc(-c2cnc(N)c(OC(F)(F)F)c2)cc1C1[C@H]2CC(N3CCOC[C@H]3C)C[C@@H]12.CCN1CCN(C2C[C@@H]3C(c4cc(-c5cnc(N)c(OC(F)(F)F)c5)nn4C(C)C)[C@@H]3C2)CC1.CCN1CCN(C2C[C@@H]3C(c4cc(-c5cnc(N)c(OC(F)(F)F)c5)nn4C(C)C)[C@@H]3C2)CC1. The fourth-order valence-electron chi connectivity index (χ4n) is 17.8. The normalized spacial score (nSPS) is 28.5. The third kappa shape index (κ3) is 15.9. The van der Waals surface area contributed by atoms with E-state index in [2.05, 4.69) is 116 Å². The Bertz CT molecular complexity index is 3660. The summed E-state index contributed by atoms with van der Waals surface area (Å²) in [5, 5.41) is 14.2. The molecule has 3 saturated heterocycles. The van der Waals surface area contributed by atoms with E-state index in [9.17, 15) is 39.5 Å². The molecule has 30 heteroatoms. The Morgan fingerprint density at radius 3 is 1.01 bits per heavy atom. The minimum Gasteiger partial charge on any atom is -0.402 e. The predicted octanol–water partition coefficient (Wildman–Crippen LogP) is 12.5. The lowest BCUT2D eigenvalue weighted by Crippen LogP contribution is -2.49. The van der Waals surface area contributed by atoms with Crippen molar-refractivity contribution < 1.29 is 58.5 Å². The Morgan fingerprint density at radius 1 is 0.446 bits per heavy atom. The lowest BCUT2D eigenvalue weighted by molar-refractivity contribution is -0.275. The van der Waals surface area contributed by atoms with Crippen LogP contribution >= 0.6 is 0 Å². The Hall–Kier alpha value is -6.99. The molecule has 21 nitrogen and oxygen atoms in total. The highest BCUT2D eigenvalue weighted by atomic mass is 19.4. The summed E-state index contributed by atoms with van der Waals surface area (Å²) in [4.78, 5) is 24.7. The highest BCUT2D eigenvalue weighted by Gasteiger charge is 2.61. The summed E-state index contributed by atoms with van der Waals surface area (Å²) >= 11 is 0. The van der Waals surface area contributed by atoms with Crippen LogP contribution in [-0.4, -0.2) is 197 Å². The van der Waals surface area contributed by atoms with Crippen molar-refractivity contribution in [2.75, 3.05) is 102 Å². The van der Waals surface area contributed by atoms with Gasteiger partial charge in [-0.25, -0.2) is 15.0 Å². The molecule has 15 rings (SSSR count). The van der Waals surface area contributed by atoms with E-state index in [1.165, 1.54) is 86.7 Å². The number of nitrogen functional groups attached to an aromatic ring is 3. The van der Waals surface area contributed by atoms with Gasteiger partial charge in [0, 0.05) is 171 Å². The number of piperazine rings is 2. The molecule has 3 aliphatic heterocycles. The highest BCUT2D eigenvalue weighted by Crippen LogP contribution is 2.67. The molecule has 6 aromatic rings. The standard InChI is InChI=1S/2C24H33F3N6O.C23H30F3N5O2/c2*1-4-31-5-7-32(8-6-31)16-10-17-18(11-16)22(17)20-12-19(30-33(20)14(2)3)15-9-21(23(28)29-13-15)34-24(25,26)27;1-12(2)31-19(21-16-7-15(8-17(16)21)30-4-5-32-11-13(30)3)9-18(29-31)14-6-20(22(27)28-10-14)33-23(24,25)26/h2*9,12-14,16-18,22H,4-8,10-11H2,1-3H3,(H2,28,29);6,9-10,12-13,15-17,21H,4-5,7-8,11H2,1-3H3,(H2,27,28)/t2*16?,17-,18+,22?;13-,15?,16-,17+,21?/m..1/s1. The molecular formula is C71H96F9N17O4. The van der Waals surface area contributed by atoms with E-state index in [0.29, 0.717) is 111 Å². The number of ether oxygens (including phenoxy) is 4. The molecule has 6 unspecified atom stereocenters. The number of morpholine rings is 1. The monoisotopic (exact) mass is 1420 g/mol. The maximum atomic E-state index is 12.7. The van der Waals surface area contributed by atoms with Crippen LogP contribution in [-0.2, 0) is 4.74 Å². The molecule has 6 aromatic heterocycles. The highest BCUT2D eigenvalue weighted by molar-refractivity contribution is 5.67. The number of nitrogens with two attached hydrogens (primary N) is 3. The molecule has 9 aliphatic rings. The second-order valence-electron chi connectivity index (χ2n) is 30.0. The van der Waals surface area contributed by atoms with Gasteiger partial charge in [-0.05, 0) is 172 Å². The Kier molecular flexibility index (Phi) is 20.5. The molecule has 0 amide bonds. The first-order chi connectivity index (χ1) is 47.9. The van der Waals surface area contributed by atoms with Gasteiger partial charge in [-0.15, -0.1) is 39.5 Å². The number of aromatic nitrogens is 9. The molecule has 0 spiro atoms. The Morgan fingerprint density at radius 2 is 0.743 bits per heavy atom. The minimum absolute atomic E-state index is 0.137. The average molecular weight is 1420 g/mol. The first-order valence-corrected chi connectivity index (χ1v) is 36.0. The smallest absolute Gasteiger partial charge is 0.402 e. The molecule has 6 saturated carbocycles. The third-order valence-corrected chi connectivity index (χ3v) is 22.9. The predicted molar refractivity (Wildman–Crippen MR) is 363 cm³/mol. The van der Waals surface area contributed by atoms with E-state index in [4.69, 9.17) is 37.2 Å². The maximum Gasteiger partial charge on any atom is 0.573 e. The zero-order chi connectivity index (χ0) is 71.9. The number of alkyl halides is 9. The van der Waals surface area contributed by atoms with Gasteiger partial charge in [0.25, 0.3) is 0 Å². The lowest BCUT2D eigenvalue weighted by atomic mass is 10.0. The fourth-order valence-corrected chi connectivity index (χ4v) is 17.8. The summed E-state index contributed by atoms with van der Waals surface area (Å²) in [5.74, 6) is 2.83. The van der Waals surface area contributed by atoms with Crippen LogP contribution in [0, 0.1) is 35.5 Å². The zero-order valence-electron chi connectivity index (χ0n) is 58.9. The van der Waals surface area contributed by atoms with Crippen LogP contribution in [0.4, 0.5) is 57.0 Å². The number of pyridine rings is 3. The van der Waals surface area contributed by atoms with Crippen LogP contribution in [0.2, 0.25) is 0 Å². The van der Waals surface area contributed by atoms with Crippen molar-refractivity contribution in [3.8, 4) is 51.0 Å². The van der Waals surface area contributed by atoms with Gasteiger partial charge in [-0.2, -0.15) is 15.3 Å². The molecule has 552 valence electrons. The largest absolute Gasteiger partial charge is 0.573 e. The first kappa shape index (κ1) is 72.4. The Balaban J connectivity index is 0.000000135. The lowest BCUT2D eigenvalue weighted by Gasteiger charge is -2.38. The molecule has 6 aliphatic carbocycles. The molecule has 0 bridgehead atoms. The summed E-state index contributed by atoms with van der Waals surface area (Å²) < 4.78 is 138. The number of hydrogen-bond acceptors (Lipinski definition) is 18. The number of likely N-dealkylation sites (N-methyl/N-ethyl adjacent to an activating group) is 2. The fraction of sp³-hybridized carbons (Fsp3) is 0.662. The van der Waals surface area contributed by atoms with E-state index >= 15 is 0 Å². The molecule has 9 heterocycles. The summed E-state index contributed by atoms with van der Waals surface area (Å²) in [5.41, 5.74) is 23.4. The second kappa shape index (κ2) is 28.6. The molecular weight excluding hydrogens is 1330 g/mol. The number of nitrogens with zero attached hydrogens (tertiary/aromatic N) is 14. The second-order valence-corrected chi connectivity index (χ2v) is 30.0. The number of anilines is 3. The third-order valence-electron chi connectivity index (χ3n) is 22.9. The van der Waals surface area contributed by atoms with Gasteiger partial charge in [0.1, 0.15) is 0 Å². The van der Waals surface area contributed by atoms with Gasteiger partial charge in [-0.1, -0.05) is 13.8 Å². The number of rotatable bonds is 17. The van der Waals surface area contributed by atoms with Gasteiger partial charge in [0.2, 0.25) is 0 Å².